The van der Waals surface area contributed by atoms with E-state index in [1.165, 1.54) is 74.7 Å². The lowest BCUT2D eigenvalue weighted by Crippen LogP contribution is -2.55. The number of aryl methyl sites for hydroxylation is 2. The molecule has 3 aliphatic rings. The average molecular weight is 1090 g/mol. The largest absolute Gasteiger partial charge is 0.494 e. The maximum Gasteiger partial charge on any atom is 0.246 e. The first-order chi connectivity index (χ1) is 38.7. The third kappa shape index (κ3) is 15.1. The Hall–Kier alpha value is -6.00. The number of aliphatic hydroxyl groups excluding tert-OH is 1. The van der Waals surface area contributed by atoms with Crippen LogP contribution in [-0.4, -0.2) is 124 Å². The molecule has 2 amide bonds. The summed E-state index contributed by atoms with van der Waals surface area (Å²) in [6, 6.07) is 27.9. The van der Waals surface area contributed by atoms with Crippen molar-refractivity contribution in [2.75, 3.05) is 64.4 Å². The Kier molecular flexibility index (Phi) is 21.1. The Morgan fingerprint density at radius 3 is 2.20 bits per heavy atom. The zero-order chi connectivity index (χ0) is 54.9. The summed E-state index contributed by atoms with van der Waals surface area (Å²) in [5, 5.41) is 23.3. The van der Waals surface area contributed by atoms with Gasteiger partial charge >= 0.3 is 0 Å². The molecule has 79 heavy (non-hydrogen) atoms. The van der Waals surface area contributed by atoms with E-state index in [1.807, 2.05) is 52.1 Å². The van der Waals surface area contributed by atoms with Crippen LogP contribution in [0.1, 0.15) is 161 Å². The van der Waals surface area contributed by atoms with Crippen LogP contribution in [0, 0.1) is 12.8 Å². The maximum atomic E-state index is 14.2. The van der Waals surface area contributed by atoms with Gasteiger partial charge < -0.3 is 30.3 Å². The van der Waals surface area contributed by atoms with E-state index in [0.29, 0.717) is 36.7 Å². The lowest BCUT2D eigenvalue weighted by Gasteiger charge is -2.35. The van der Waals surface area contributed by atoms with E-state index in [4.69, 9.17) is 19.8 Å². The first-order valence-corrected chi connectivity index (χ1v) is 30.7. The van der Waals surface area contributed by atoms with E-state index in [9.17, 15) is 19.5 Å². The van der Waals surface area contributed by atoms with Crippen LogP contribution in [0.3, 0.4) is 0 Å². The predicted molar refractivity (Wildman–Crippen MR) is 317 cm³/mol. The lowest BCUT2D eigenvalue weighted by atomic mass is 9.83. The van der Waals surface area contributed by atoms with Crippen LogP contribution in [0.15, 0.2) is 90.3 Å². The molecular formula is C64H85N9O5S. The van der Waals surface area contributed by atoms with E-state index in [2.05, 4.69) is 82.0 Å². The smallest absolute Gasteiger partial charge is 0.246 e. The van der Waals surface area contributed by atoms with Crippen molar-refractivity contribution in [3.05, 3.63) is 118 Å². The number of rotatable bonds is 28. The molecule has 15 heteroatoms. The summed E-state index contributed by atoms with van der Waals surface area (Å²) in [6.45, 7) is 9.56. The van der Waals surface area contributed by atoms with Crippen molar-refractivity contribution in [1.29, 1.82) is 0 Å². The van der Waals surface area contributed by atoms with Crippen LogP contribution >= 0.6 is 11.3 Å². The van der Waals surface area contributed by atoms with Crippen LogP contribution in [0.4, 0.5) is 5.82 Å². The number of unbranched alkanes of at least 4 members (excludes halogenated alkanes) is 10. The van der Waals surface area contributed by atoms with Gasteiger partial charge in [0.25, 0.3) is 0 Å². The molecule has 3 aromatic heterocycles. The quantitative estimate of drug-likeness (QED) is 0.0317. The molecule has 6 aromatic rings. The molecule has 1 aliphatic carbocycles. The number of hydrogen-bond donors (Lipinski definition) is 3. The van der Waals surface area contributed by atoms with Crippen molar-refractivity contribution in [1.82, 2.24) is 40.0 Å². The van der Waals surface area contributed by atoms with E-state index < -0.39 is 12.1 Å². The number of aromatic nitrogens is 4. The number of β-amino-alcohol motifs (C(OH)–C–C–N with tert-alkyl or cyclic N) is 1. The van der Waals surface area contributed by atoms with Gasteiger partial charge in [-0.05, 0) is 101 Å². The minimum Gasteiger partial charge on any atom is -0.494 e. The van der Waals surface area contributed by atoms with Crippen molar-refractivity contribution in [2.24, 2.45) is 5.92 Å². The molecule has 0 spiro atoms. The van der Waals surface area contributed by atoms with Crippen LogP contribution in [-0.2, 0) is 16.0 Å². The number of likely N-dealkylation sites (tertiary alicyclic amines) is 1. The van der Waals surface area contributed by atoms with Gasteiger partial charge in [0.15, 0.2) is 5.65 Å². The monoisotopic (exact) mass is 1090 g/mol. The van der Waals surface area contributed by atoms with Crippen molar-refractivity contribution < 1.29 is 24.2 Å². The van der Waals surface area contributed by atoms with Gasteiger partial charge in [-0.2, -0.15) is 9.61 Å². The van der Waals surface area contributed by atoms with E-state index in [0.717, 1.165) is 135 Å². The highest BCUT2D eigenvalue weighted by Crippen LogP contribution is 2.38. The number of nitrogens with one attached hydrogen (secondary N) is 2. The molecule has 0 bridgehead atoms. The molecule has 9 rings (SSSR count). The normalized spacial score (nSPS) is 17.1. The third-order valence-corrected chi connectivity index (χ3v) is 17.7. The first-order valence-electron chi connectivity index (χ1n) is 29.8. The fraction of sp³-hybridized carbons (Fsp3) is 0.531. The number of aliphatic hydroxyl groups is 1. The SMILES string of the molecule is CN[C@@H](C)C(=O)N[C@H](C(=O)N1CCC[C@H]1c1nc(C(=O)c2cccc(OCCCCCCCCCCCCCc3cccc(-c4cc(N5CCN(CCO)CC5)n5nc(C)c(-c6ccccc6)c5n4)c3)c2)cs1)C1CCCCC1. The van der Waals surface area contributed by atoms with Crippen molar-refractivity contribution in [3.8, 4) is 28.1 Å². The zero-order valence-corrected chi connectivity index (χ0v) is 48.0. The number of ether oxygens (including phenoxy) is 1. The number of nitrogens with zero attached hydrogens (tertiary/aromatic N) is 7. The second-order valence-corrected chi connectivity index (χ2v) is 23.2. The number of hydrogen-bond acceptors (Lipinski definition) is 12. The number of carbonyl (C=O) groups is 3. The Balaban J connectivity index is 0.665. The Labute approximate surface area is 472 Å². The molecule has 0 unspecified atom stereocenters. The zero-order valence-electron chi connectivity index (χ0n) is 47.2. The van der Waals surface area contributed by atoms with E-state index >= 15 is 0 Å². The highest BCUT2D eigenvalue weighted by molar-refractivity contribution is 7.10. The molecule has 14 nitrogen and oxygen atoms in total. The number of carbonyl (C=O) groups excluding carboxylic acids is 3. The topological polar surface area (TPSA) is 158 Å². The molecule has 2 aliphatic heterocycles. The highest BCUT2D eigenvalue weighted by atomic mass is 32.1. The number of likely N-dealkylation sites (N-methyl/N-ethyl adjacent to an activating group) is 1. The maximum absolute atomic E-state index is 14.2. The summed E-state index contributed by atoms with van der Waals surface area (Å²) >= 11 is 1.44. The van der Waals surface area contributed by atoms with Crippen molar-refractivity contribution in [2.45, 2.75) is 154 Å². The Morgan fingerprint density at radius 2 is 1.47 bits per heavy atom. The van der Waals surface area contributed by atoms with Gasteiger partial charge in [-0.25, -0.2) is 9.97 Å². The van der Waals surface area contributed by atoms with Crippen LogP contribution in [0.5, 0.6) is 5.75 Å². The lowest BCUT2D eigenvalue weighted by molar-refractivity contribution is -0.139. The molecule has 5 heterocycles. The molecule has 2 saturated heterocycles. The third-order valence-electron chi connectivity index (χ3n) is 16.7. The molecule has 1 saturated carbocycles. The number of fused-ring (bicyclic) bond motifs is 1. The van der Waals surface area contributed by atoms with Crippen LogP contribution < -0.4 is 20.3 Å². The molecular weight excluding hydrogens is 1010 g/mol. The fourth-order valence-corrected chi connectivity index (χ4v) is 13.0. The van der Waals surface area contributed by atoms with Gasteiger partial charge in [-0.15, -0.1) is 11.3 Å². The molecule has 3 fully saturated rings. The summed E-state index contributed by atoms with van der Waals surface area (Å²) in [5.74, 6) is 1.54. The van der Waals surface area contributed by atoms with Gasteiger partial charge in [0.05, 0.1) is 36.7 Å². The van der Waals surface area contributed by atoms with Gasteiger partial charge in [0.1, 0.15) is 28.3 Å². The summed E-state index contributed by atoms with van der Waals surface area (Å²) in [6.07, 6.45) is 21.2. The first kappa shape index (κ1) is 57.7. The van der Waals surface area contributed by atoms with E-state index in [1.54, 1.807) is 7.05 Å². The van der Waals surface area contributed by atoms with E-state index in [-0.39, 0.29) is 36.2 Å². The minimum absolute atomic E-state index is 0.0308. The molecule has 3 aromatic carbocycles. The summed E-state index contributed by atoms with van der Waals surface area (Å²) in [7, 11) is 1.75. The number of amides is 2. The molecule has 0 radical (unpaired) electrons. The summed E-state index contributed by atoms with van der Waals surface area (Å²) in [5.41, 5.74) is 8.45. The van der Waals surface area contributed by atoms with Gasteiger partial charge in [0, 0.05) is 67.4 Å². The minimum atomic E-state index is -0.558. The van der Waals surface area contributed by atoms with Crippen LogP contribution in [0.2, 0.25) is 0 Å². The van der Waals surface area contributed by atoms with Crippen molar-refractivity contribution >= 4 is 40.4 Å². The molecule has 3 N–H and O–H groups in total. The second-order valence-electron chi connectivity index (χ2n) is 22.3. The summed E-state index contributed by atoms with van der Waals surface area (Å²) in [4.78, 5) is 57.8. The number of anilines is 1. The molecule has 422 valence electrons. The van der Waals surface area contributed by atoms with Crippen LogP contribution in [0.25, 0.3) is 28.0 Å². The average Bonchev–Trinajstić information content (AvgIpc) is 4.47. The van der Waals surface area contributed by atoms with Gasteiger partial charge in [-0.3, -0.25) is 19.3 Å². The Bertz CT molecular complexity index is 2910. The van der Waals surface area contributed by atoms with Gasteiger partial charge in [-0.1, -0.05) is 138 Å². The van der Waals surface area contributed by atoms with Gasteiger partial charge in [0.2, 0.25) is 17.6 Å². The summed E-state index contributed by atoms with van der Waals surface area (Å²) < 4.78 is 8.17. The number of benzene rings is 3. The number of ketones is 1. The fourth-order valence-electron chi connectivity index (χ4n) is 12.0. The second kappa shape index (κ2) is 28.9. The Morgan fingerprint density at radius 1 is 0.759 bits per heavy atom. The molecule has 3 atom stereocenters. The van der Waals surface area contributed by atoms with Crippen molar-refractivity contribution in [3.63, 3.8) is 0 Å². The predicted octanol–water partition coefficient (Wildman–Crippen LogP) is 11.4. The standard InChI is InChI=1S/C64H85N9O5S/c1-46-58(49-26-16-13-17-27-49)61-66-54(44-57(73(61)69-46)71-37-35-70(36-38-71)39-40-74)51-30-21-25-48(42-51)24-15-11-9-7-5-4-6-8-10-12-20-41-78-53-32-22-31-52(43-53)60(75)55-45-79-63(67-55)56-33-23-34-72(56)64(77)59(50-28-18-14-19-29-50)68-62(76)47(2)65-3/h13,16-17,21-22,25-27,30-32,42-45,47,50,56,59,65,74H,4-12,14-15,18-20,23-24,28-29,33-41H2,1-3H3,(H,68,76)/t47-,56-,59-/m0/s1. The highest BCUT2D eigenvalue weighted by Gasteiger charge is 2.40. The number of thiazole rings is 1. The number of piperazine rings is 1.